The van der Waals surface area contributed by atoms with Crippen molar-refractivity contribution in [3.63, 3.8) is 0 Å². The molecule has 0 heterocycles. The molecule has 36 heavy (non-hydrogen) atoms. The number of aryl methyl sites for hydroxylation is 1. The molecule has 1 unspecified atom stereocenters. The lowest BCUT2D eigenvalue weighted by Crippen LogP contribution is -2.31. The van der Waals surface area contributed by atoms with Crippen molar-refractivity contribution in [2.75, 3.05) is 0 Å². The van der Waals surface area contributed by atoms with E-state index in [0.29, 0.717) is 5.41 Å². The minimum atomic E-state index is 0.652. The average molecular weight is 487 g/mol. The monoisotopic (exact) mass is 486 g/mol. The molecular weight excluding hydrogens is 432 g/mol. The molecule has 2 aliphatic carbocycles. The van der Waals surface area contributed by atoms with E-state index in [1.165, 1.54) is 126 Å². The highest BCUT2D eigenvalue weighted by molar-refractivity contribution is 5.64. The first kappa shape index (κ1) is 27.5. The fraction of sp³-hybridized carbons (Fsp3) is 0.667. The SMILES string of the molecule is CCCC(C)C1(CCCCc2ccc(-c3ccc([C@H]4CC[C@H](CCC)CC4)cc3)cc2)CCCCC1. The molecule has 0 N–H and O–H groups in total. The van der Waals surface area contributed by atoms with E-state index in [1.807, 2.05) is 0 Å². The van der Waals surface area contributed by atoms with E-state index >= 15 is 0 Å². The molecule has 2 saturated carbocycles. The lowest BCUT2D eigenvalue weighted by molar-refractivity contribution is 0.0845. The molecule has 198 valence electrons. The Morgan fingerprint density at radius 3 is 2.00 bits per heavy atom. The van der Waals surface area contributed by atoms with Crippen molar-refractivity contribution in [2.45, 2.75) is 136 Å². The van der Waals surface area contributed by atoms with Crippen molar-refractivity contribution in [3.05, 3.63) is 59.7 Å². The second kappa shape index (κ2) is 13.8. The van der Waals surface area contributed by atoms with Gasteiger partial charge in [-0.05, 0) is 103 Å². The lowest BCUT2D eigenvalue weighted by Gasteiger charge is -2.43. The first-order chi connectivity index (χ1) is 17.6. The quantitative estimate of drug-likeness (QED) is 0.262. The van der Waals surface area contributed by atoms with Crippen LogP contribution in [0.1, 0.15) is 141 Å². The van der Waals surface area contributed by atoms with Crippen LogP contribution >= 0.6 is 0 Å². The third-order valence-electron chi connectivity index (χ3n) is 10.2. The maximum Gasteiger partial charge on any atom is -0.0162 e. The first-order valence-electron chi connectivity index (χ1n) is 15.8. The second-order valence-electron chi connectivity index (χ2n) is 12.6. The molecule has 0 bridgehead atoms. The highest BCUT2D eigenvalue weighted by atomic mass is 14.4. The lowest BCUT2D eigenvalue weighted by atomic mass is 9.63. The predicted molar refractivity (Wildman–Crippen MR) is 159 cm³/mol. The van der Waals surface area contributed by atoms with Crippen LogP contribution in [0.3, 0.4) is 0 Å². The molecular formula is C36H54. The third kappa shape index (κ3) is 7.26. The van der Waals surface area contributed by atoms with Gasteiger partial charge in [-0.25, -0.2) is 0 Å². The van der Waals surface area contributed by atoms with E-state index in [4.69, 9.17) is 0 Å². The summed E-state index contributed by atoms with van der Waals surface area (Å²) < 4.78 is 0. The summed E-state index contributed by atoms with van der Waals surface area (Å²) in [5.41, 5.74) is 6.47. The van der Waals surface area contributed by atoms with Crippen molar-refractivity contribution in [2.24, 2.45) is 17.3 Å². The summed E-state index contributed by atoms with van der Waals surface area (Å²) in [5.74, 6) is 2.68. The molecule has 1 atom stereocenters. The van der Waals surface area contributed by atoms with Crippen molar-refractivity contribution < 1.29 is 0 Å². The number of benzene rings is 2. The van der Waals surface area contributed by atoms with E-state index in [1.54, 1.807) is 5.56 Å². The van der Waals surface area contributed by atoms with Gasteiger partial charge in [-0.1, -0.05) is 121 Å². The van der Waals surface area contributed by atoms with Crippen molar-refractivity contribution in [3.8, 4) is 11.1 Å². The summed E-state index contributed by atoms with van der Waals surface area (Å²) in [5, 5.41) is 0. The summed E-state index contributed by atoms with van der Waals surface area (Å²) in [6, 6.07) is 19.0. The topological polar surface area (TPSA) is 0 Å². The molecule has 0 nitrogen and oxygen atoms in total. The Balaban J connectivity index is 1.25. The van der Waals surface area contributed by atoms with Crippen LogP contribution in [0.5, 0.6) is 0 Å². The zero-order valence-corrected chi connectivity index (χ0v) is 23.9. The Morgan fingerprint density at radius 1 is 0.750 bits per heavy atom. The van der Waals surface area contributed by atoms with Gasteiger partial charge in [-0.3, -0.25) is 0 Å². The predicted octanol–water partition coefficient (Wildman–Crippen LogP) is 11.5. The zero-order chi connectivity index (χ0) is 25.2. The summed E-state index contributed by atoms with van der Waals surface area (Å²) in [4.78, 5) is 0. The Hall–Kier alpha value is -1.56. The van der Waals surface area contributed by atoms with Crippen LogP contribution in [0.15, 0.2) is 48.5 Å². The molecule has 2 fully saturated rings. The fourth-order valence-corrected chi connectivity index (χ4v) is 7.79. The molecule has 2 aliphatic rings. The highest BCUT2D eigenvalue weighted by Crippen LogP contribution is 2.48. The molecule has 4 rings (SSSR count). The van der Waals surface area contributed by atoms with Gasteiger partial charge >= 0.3 is 0 Å². The van der Waals surface area contributed by atoms with Crippen molar-refractivity contribution >= 4 is 0 Å². The maximum atomic E-state index is 2.55. The van der Waals surface area contributed by atoms with E-state index < -0.39 is 0 Å². The van der Waals surface area contributed by atoms with E-state index in [2.05, 4.69) is 69.3 Å². The van der Waals surface area contributed by atoms with Crippen LogP contribution in [-0.4, -0.2) is 0 Å². The third-order valence-corrected chi connectivity index (χ3v) is 10.2. The number of rotatable bonds is 12. The van der Waals surface area contributed by atoms with Gasteiger partial charge in [0.1, 0.15) is 0 Å². The van der Waals surface area contributed by atoms with Crippen LogP contribution < -0.4 is 0 Å². The second-order valence-corrected chi connectivity index (χ2v) is 12.6. The minimum Gasteiger partial charge on any atom is -0.0654 e. The maximum absolute atomic E-state index is 2.55. The summed E-state index contributed by atoms with van der Waals surface area (Å²) >= 11 is 0. The van der Waals surface area contributed by atoms with Crippen LogP contribution in [0.25, 0.3) is 11.1 Å². The van der Waals surface area contributed by atoms with Crippen LogP contribution in [-0.2, 0) is 6.42 Å². The molecule has 2 aromatic rings. The molecule has 2 aromatic carbocycles. The molecule has 0 radical (unpaired) electrons. The van der Waals surface area contributed by atoms with Crippen molar-refractivity contribution in [1.82, 2.24) is 0 Å². The normalized spacial score (nSPS) is 22.9. The summed E-state index contributed by atoms with van der Waals surface area (Å²) in [6.07, 6.45) is 24.0. The smallest absolute Gasteiger partial charge is 0.0162 e. The number of hydrogen-bond donors (Lipinski definition) is 0. The summed E-state index contributed by atoms with van der Waals surface area (Å²) in [6.45, 7) is 7.25. The van der Waals surface area contributed by atoms with E-state index in [-0.39, 0.29) is 0 Å². The Bertz CT molecular complexity index is 859. The molecule has 0 saturated heterocycles. The number of unbranched alkanes of at least 4 members (excludes halogenated alkanes) is 1. The van der Waals surface area contributed by atoms with Gasteiger partial charge in [-0.2, -0.15) is 0 Å². The van der Waals surface area contributed by atoms with Crippen LogP contribution in [0.4, 0.5) is 0 Å². The molecule has 0 heteroatoms. The molecule has 0 spiro atoms. The molecule has 0 aromatic heterocycles. The van der Waals surface area contributed by atoms with Gasteiger partial charge in [0.2, 0.25) is 0 Å². The minimum absolute atomic E-state index is 0.652. The van der Waals surface area contributed by atoms with Crippen LogP contribution in [0.2, 0.25) is 0 Å². The van der Waals surface area contributed by atoms with E-state index in [0.717, 1.165) is 17.8 Å². The average Bonchev–Trinajstić information content (AvgIpc) is 2.93. The van der Waals surface area contributed by atoms with Gasteiger partial charge in [0.05, 0.1) is 0 Å². The highest BCUT2D eigenvalue weighted by Gasteiger charge is 2.36. The van der Waals surface area contributed by atoms with Gasteiger partial charge in [-0.15, -0.1) is 0 Å². The Morgan fingerprint density at radius 2 is 1.39 bits per heavy atom. The largest absolute Gasteiger partial charge is 0.0654 e. The Kier molecular flexibility index (Phi) is 10.6. The summed E-state index contributed by atoms with van der Waals surface area (Å²) in [7, 11) is 0. The molecule has 0 aliphatic heterocycles. The molecule has 0 amide bonds. The zero-order valence-electron chi connectivity index (χ0n) is 23.9. The van der Waals surface area contributed by atoms with Crippen LogP contribution in [0, 0.1) is 17.3 Å². The van der Waals surface area contributed by atoms with E-state index in [9.17, 15) is 0 Å². The van der Waals surface area contributed by atoms with Gasteiger partial charge in [0, 0.05) is 0 Å². The van der Waals surface area contributed by atoms with Gasteiger partial charge in [0.25, 0.3) is 0 Å². The fourth-order valence-electron chi connectivity index (χ4n) is 7.79. The standard InChI is InChI=1S/C36H54/c1-4-11-29(3)36(26-8-6-9-27-36)28-10-7-13-31-16-20-33(21-17-31)35-24-22-34(23-25-35)32-18-14-30(12-5-2)15-19-32/h16-17,20-25,29-30,32H,4-15,18-19,26-28H2,1-3H3/t29?,30-,32-. The van der Waals surface area contributed by atoms with Crippen molar-refractivity contribution in [1.29, 1.82) is 0 Å². The Labute approximate surface area is 223 Å². The van der Waals surface area contributed by atoms with Gasteiger partial charge < -0.3 is 0 Å². The number of hydrogen-bond acceptors (Lipinski definition) is 0. The first-order valence-corrected chi connectivity index (χ1v) is 15.8. The van der Waals surface area contributed by atoms with Gasteiger partial charge in [0.15, 0.2) is 0 Å².